The van der Waals surface area contributed by atoms with E-state index in [1.54, 1.807) is 0 Å². The number of carbonyl (C=O) groups excluding carboxylic acids is 1. The summed E-state index contributed by atoms with van der Waals surface area (Å²) in [5.41, 5.74) is 3.19. The quantitative estimate of drug-likeness (QED) is 0.737. The molecular weight excluding hydrogens is 387 g/mol. The molecule has 4 heteroatoms. The monoisotopic (exact) mass is 408 g/mol. The van der Waals surface area contributed by atoms with E-state index in [0.29, 0.717) is 6.54 Å². The van der Waals surface area contributed by atoms with Crippen molar-refractivity contribution in [3.63, 3.8) is 0 Å². The third-order valence-corrected chi connectivity index (χ3v) is 4.47. The molecule has 1 N–H and O–H groups in total. The second-order valence-corrected chi connectivity index (χ2v) is 6.32. The minimum absolute atomic E-state index is 0.00899. The minimum atomic E-state index is -0.00899. The summed E-state index contributed by atoms with van der Waals surface area (Å²) in [4.78, 5) is 14.5. The molecule has 0 saturated carbocycles. The molecule has 0 aliphatic carbocycles. The Morgan fingerprint density at radius 3 is 2.64 bits per heavy atom. The second-order valence-electron chi connectivity index (χ2n) is 5.15. The number of nitrogens with zero attached hydrogens (tertiary/aromatic N) is 1. The highest BCUT2D eigenvalue weighted by atomic mass is 127. The van der Waals surface area contributed by atoms with Crippen LogP contribution >= 0.6 is 22.6 Å². The number of hydrogen-bond acceptors (Lipinski definition) is 2. The van der Waals surface area contributed by atoms with E-state index in [9.17, 15) is 4.79 Å². The number of hydrogen-bond donors (Lipinski definition) is 1. The Morgan fingerprint density at radius 1 is 1.18 bits per heavy atom. The van der Waals surface area contributed by atoms with Crippen molar-refractivity contribution >= 4 is 34.2 Å². The number of halogens is 1. The summed E-state index contributed by atoms with van der Waals surface area (Å²) in [6, 6.07) is 16.1. The van der Waals surface area contributed by atoms with Gasteiger partial charge in [0, 0.05) is 28.9 Å². The van der Waals surface area contributed by atoms with Crippen molar-refractivity contribution in [3.8, 4) is 0 Å². The standard InChI is InChI=1S/C18H21IN2O/c1-3-21(15-8-6-7-14(2)13-15)12-11-20-18(22)16-9-4-5-10-17(16)19/h4-10,13H,3,11-12H2,1-2H3,(H,20,22). The van der Waals surface area contributed by atoms with E-state index in [1.165, 1.54) is 11.3 Å². The first-order chi connectivity index (χ1) is 10.6. The first-order valence-corrected chi connectivity index (χ1v) is 8.54. The maximum absolute atomic E-state index is 12.2. The van der Waals surface area contributed by atoms with Crippen LogP contribution in [0.15, 0.2) is 48.5 Å². The van der Waals surface area contributed by atoms with Crippen LogP contribution in [0.1, 0.15) is 22.8 Å². The smallest absolute Gasteiger partial charge is 0.252 e. The molecule has 0 bridgehead atoms. The van der Waals surface area contributed by atoms with Crippen LogP contribution in [-0.4, -0.2) is 25.5 Å². The van der Waals surface area contributed by atoms with Gasteiger partial charge < -0.3 is 10.2 Å². The number of likely N-dealkylation sites (N-methyl/N-ethyl adjacent to an activating group) is 1. The second kappa shape index (κ2) is 8.17. The molecule has 0 aliphatic heterocycles. The van der Waals surface area contributed by atoms with Gasteiger partial charge in [0.15, 0.2) is 0 Å². The fraction of sp³-hybridized carbons (Fsp3) is 0.278. The Labute approximate surface area is 145 Å². The summed E-state index contributed by atoms with van der Waals surface area (Å²) in [6.45, 7) is 6.57. The molecule has 0 unspecified atom stereocenters. The van der Waals surface area contributed by atoms with Crippen LogP contribution in [0, 0.1) is 10.5 Å². The Kier molecular flexibility index (Phi) is 6.24. The van der Waals surface area contributed by atoms with Crippen molar-refractivity contribution in [1.82, 2.24) is 5.32 Å². The summed E-state index contributed by atoms with van der Waals surface area (Å²) in [7, 11) is 0. The number of carbonyl (C=O) groups is 1. The predicted octanol–water partition coefficient (Wildman–Crippen LogP) is 3.86. The van der Waals surface area contributed by atoms with Crippen molar-refractivity contribution in [3.05, 3.63) is 63.2 Å². The maximum Gasteiger partial charge on any atom is 0.252 e. The van der Waals surface area contributed by atoms with E-state index in [1.807, 2.05) is 24.3 Å². The zero-order valence-corrected chi connectivity index (χ0v) is 15.1. The van der Waals surface area contributed by atoms with Crippen molar-refractivity contribution in [1.29, 1.82) is 0 Å². The fourth-order valence-corrected chi connectivity index (χ4v) is 2.97. The van der Waals surface area contributed by atoms with Gasteiger partial charge in [0.05, 0.1) is 5.56 Å². The summed E-state index contributed by atoms with van der Waals surface area (Å²) >= 11 is 2.19. The van der Waals surface area contributed by atoms with E-state index in [4.69, 9.17) is 0 Å². The van der Waals surface area contributed by atoms with Gasteiger partial charge in [0.1, 0.15) is 0 Å². The van der Waals surface area contributed by atoms with Crippen LogP contribution in [-0.2, 0) is 0 Å². The average molecular weight is 408 g/mol. The number of nitrogens with one attached hydrogen (secondary N) is 1. The Bertz CT molecular complexity index is 642. The minimum Gasteiger partial charge on any atom is -0.370 e. The molecule has 2 aromatic carbocycles. The molecule has 0 aliphatic rings. The molecule has 1 amide bonds. The van der Waals surface area contributed by atoms with Crippen LogP contribution in [0.2, 0.25) is 0 Å². The zero-order chi connectivity index (χ0) is 15.9. The molecule has 3 nitrogen and oxygen atoms in total. The largest absolute Gasteiger partial charge is 0.370 e. The van der Waals surface area contributed by atoms with Crippen molar-refractivity contribution in [2.45, 2.75) is 13.8 Å². The zero-order valence-electron chi connectivity index (χ0n) is 13.0. The van der Waals surface area contributed by atoms with Gasteiger partial charge in [-0.2, -0.15) is 0 Å². The summed E-state index contributed by atoms with van der Waals surface area (Å²) in [6.07, 6.45) is 0. The van der Waals surface area contributed by atoms with E-state index in [-0.39, 0.29) is 5.91 Å². The Hall–Kier alpha value is -1.56. The lowest BCUT2D eigenvalue weighted by molar-refractivity contribution is 0.0953. The maximum atomic E-state index is 12.2. The van der Waals surface area contributed by atoms with Gasteiger partial charge in [0.25, 0.3) is 5.91 Å². The highest BCUT2D eigenvalue weighted by Crippen LogP contribution is 2.15. The number of anilines is 1. The third kappa shape index (κ3) is 4.47. The van der Waals surface area contributed by atoms with Gasteiger partial charge in [-0.05, 0) is 66.3 Å². The summed E-state index contributed by atoms with van der Waals surface area (Å²) in [5.74, 6) is -0.00899. The van der Waals surface area contributed by atoms with Crippen molar-refractivity contribution < 1.29 is 4.79 Å². The third-order valence-electron chi connectivity index (χ3n) is 3.53. The number of rotatable bonds is 6. The molecule has 0 spiro atoms. The van der Waals surface area contributed by atoms with E-state index < -0.39 is 0 Å². The average Bonchev–Trinajstić information content (AvgIpc) is 2.52. The van der Waals surface area contributed by atoms with Gasteiger partial charge in [0.2, 0.25) is 0 Å². The van der Waals surface area contributed by atoms with Gasteiger partial charge >= 0.3 is 0 Å². The van der Waals surface area contributed by atoms with Gasteiger partial charge in [-0.25, -0.2) is 0 Å². The summed E-state index contributed by atoms with van der Waals surface area (Å²) in [5, 5.41) is 3.00. The lowest BCUT2D eigenvalue weighted by atomic mass is 10.2. The SMILES string of the molecule is CCN(CCNC(=O)c1ccccc1I)c1cccc(C)c1. The van der Waals surface area contributed by atoms with Crippen LogP contribution in [0.5, 0.6) is 0 Å². The highest BCUT2D eigenvalue weighted by molar-refractivity contribution is 14.1. The highest BCUT2D eigenvalue weighted by Gasteiger charge is 2.09. The Morgan fingerprint density at radius 2 is 1.95 bits per heavy atom. The van der Waals surface area contributed by atoms with Gasteiger partial charge in [-0.1, -0.05) is 24.3 Å². The molecule has 0 atom stereocenters. The number of aryl methyl sites for hydroxylation is 1. The van der Waals surface area contributed by atoms with Crippen molar-refractivity contribution in [2.24, 2.45) is 0 Å². The molecule has 0 radical (unpaired) electrons. The molecular formula is C18H21IN2O. The molecule has 22 heavy (non-hydrogen) atoms. The van der Waals surface area contributed by atoms with Crippen LogP contribution in [0.25, 0.3) is 0 Å². The predicted molar refractivity (Wildman–Crippen MR) is 101 cm³/mol. The first-order valence-electron chi connectivity index (χ1n) is 7.46. The molecule has 0 heterocycles. The van der Waals surface area contributed by atoms with E-state index in [2.05, 4.69) is 70.9 Å². The fourth-order valence-electron chi connectivity index (χ4n) is 2.34. The van der Waals surface area contributed by atoms with Gasteiger partial charge in [-0.15, -0.1) is 0 Å². The molecule has 2 aromatic rings. The summed E-state index contributed by atoms with van der Waals surface area (Å²) < 4.78 is 0.976. The van der Waals surface area contributed by atoms with E-state index >= 15 is 0 Å². The van der Waals surface area contributed by atoms with Crippen LogP contribution in [0.3, 0.4) is 0 Å². The van der Waals surface area contributed by atoms with E-state index in [0.717, 1.165) is 22.2 Å². The Balaban J connectivity index is 1.92. The molecule has 2 rings (SSSR count). The molecule has 116 valence electrons. The van der Waals surface area contributed by atoms with Crippen molar-refractivity contribution in [2.75, 3.05) is 24.5 Å². The lowest BCUT2D eigenvalue weighted by Crippen LogP contribution is -2.35. The topological polar surface area (TPSA) is 32.3 Å². The molecule has 0 aromatic heterocycles. The molecule has 0 saturated heterocycles. The number of benzene rings is 2. The van der Waals surface area contributed by atoms with Gasteiger partial charge in [-0.3, -0.25) is 4.79 Å². The lowest BCUT2D eigenvalue weighted by Gasteiger charge is -2.23. The molecule has 0 fully saturated rings. The van der Waals surface area contributed by atoms with Crippen LogP contribution < -0.4 is 10.2 Å². The number of amides is 1. The van der Waals surface area contributed by atoms with Crippen LogP contribution in [0.4, 0.5) is 5.69 Å². The normalized spacial score (nSPS) is 10.3. The first kappa shape index (κ1) is 16.8.